The molecule has 1 aliphatic heterocycles. The SMILES string of the molecule is Cc1nnc2n1CCN(C(=O)c1csc(-c3cccs3)n1)C2. The van der Waals surface area contributed by atoms with Crippen molar-refractivity contribution >= 4 is 28.6 Å². The van der Waals surface area contributed by atoms with Crippen molar-refractivity contribution in [2.24, 2.45) is 0 Å². The highest BCUT2D eigenvalue weighted by molar-refractivity contribution is 7.20. The molecule has 8 heteroatoms. The first kappa shape index (κ1) is 13.6. The monoisotopic (exact) mass is 331 g/mol. The molecule has 3 aromatic rings. The van der Waals surface area contributed by atoms with E-state index in [1.807, 2.05) is 29.8 Å². The summed E-state index contributed by atoms with van der Waals surface area (Å²) < 4.78 is 2.06. The third-order valence-electron chi connectivity index (χ3n) is 3.68. The van der Waals surface area contributed by atoms with E-state index < -0.39 is 0 Å². The Kier molecular flexibility index (Phi) is 3.27. The van der Waals surface area contributed by atoms with Crippen molar-refractivity contribution < 1.29 is 4.79 Å². The van der Waals surface area contributed by atoms with Crippen LogP contribution in [-0.4, -0.2) is 37.1 Å². The van der Waals surface area contributed by atoms with E-state index in [9.17, 15) is 4.79 Å². The van der Waals surface area contributed by atoms with E-state index in [1.165, 1.54) is 11.3 Å². The lowest BCUT2D eigenvalue weighted by molar-refractivity contribution is 0.0701. The minimum atomic E-state index is -0.0361. The van der Waals surface area contributed by atoms with Crippen LogP contribution in [0.1, 0.15) is 22.1 Å². The highest BCUT2D eigenvalue weighted by Gasteiger charge is 2.25. The van der Waals surface area contributed by atoms with Crippen LogP contribution < -0.4 is 0 Å². The summed E-state index contributed by atoms with van der Waals surface area (Å²) in [6.45, 7) is 3.83. The van der Waals surface area contributed by atoms with Crippen molar-refractivity contribution in [1.29, 1.82) is 0 Å². The fourth-order valence-corrected chi connectivity index (χ4v) is 4.13. The number of amides is 1. The summed E-state index contributed by atoms with van der Waals surface area (Å²) in [4.78, 5) is 20.0. The molecular formula is C14H13N5OS2. The number of carbonyl (C=O) groups is 1. The molecule has 0 spiro atoms. The van der Waals surface area contributed by atoms with Gasteiger partial charge in [0.15, 0.2) is 5.82 Å². The van der Waals surface area contributed by atoms with Gasteiger partial charge in [-0.3, -0.25) is 4.79 Å². The summed E-state index contributed by atoms with van der Waals surface area (Å²) in [5.41, 5.74) is 0.512. The average molecular weight is 331 g/mol. The molecule has 6 nitrogen and oxygen atoms in total. The van der Waals surface area contributed by atoms with E-state index in [2.05, 4.69) is 19.7 Å². The number of hydrogen-bond donors (Lipinski definition) is 0. The van der Waals surface area contributed by atoms with Gasteiger partial charge in [-0.1, -0.05) is 6.07 Å². The maximum atomic E-state index is 12.6. The third kappa shape index (κ3) is 2.24. The highest BCUT2D eigenvalue weighted by atomic mass is 32.1. The van der Waals surface area contributed by atoms with Crippen LogP contribution in [0.4, 0.5) is 0 Å². The normalized spacial score (nSPS) is 14.1. The number of rotatable bonds is 2. The molecule has 4 rings (SSSR count). The topological polar surface area (TPSA) is 63.9 Å². The van der Waals surface area contributed by atoms with Crippen molar-refractivity contribution in [2.45, 2.75) is 20.0 Å². The number of hydrogen-bond acceptors (Lipinski definition) is 6. The molecule has 4 heterocycles. The molecule has 112 valence electrons. The summed E-state index contributed by atoms with van der Waals surface area (Å²) in [6, 6.07) is 4.01. The molecule has 1 aliphatic rings. The molecule has 0 saturated heterocycles. The van der Waals surface area contributed by atoms with Crippen LogP contribution >= 0.6 is 22.7 Å². The largest absolute Gasteiger partial charge is 0.328 e. The molecule has 0 radical (unpaired) electrons. The number of carbonyl (C=O) groups excluding carboxylic acids is 1. The number of nitrogens with zero attached hydrogens (tertiary/aromatic N) is 5. The Balaban J connectivity index is 1.55. The molecule has 0 atom stereocenters. The van der Waals surface area contributed by atoms with E-state index in [4.69, 9.17) is 0 Å². The second-order valence-corrected chi connectivity index (χ2v) is 6.86. The predicted molar refractivity (Wildman–Crippen MR) is 84.9 cm³/mol. The first-order valence-electron chi connectivity index (χ1n) is 6.90. The Morgan fingerprint density at radius 3 is 3.00 bits per heavy atom. The van der Waals surface area contributed by atoms with Crippen LogP contribution in [0.3, 0.4) is 0 Å². The van der Waals surface area contributed by atoms with Gasteiger partial charge in [0.2, 0.25) is 0 Å². The average Bonchev–Trinajstić information content (AvgIpc) is 3.27. The van der Waals surface area contributed by atoms with Gasteiger partial charge in [-0.05, 0) is 18.4 Å². The smallest absolute Gasteiger partial charge is 0.273 e. The zero-order valence-corrected chi connectivity index (χ0v) is 13.5. The van der Waals surface area contributed by atoms with Gasteiger partial charge in [0.25, 0.3) is 5.91 Å². The van der Waals surface area contributed by atoms with Crippen LogP contribution in [0, 0.1) is 6.92 Å². The number of aryl methyl sites for hydroxylation is 1. The number of thiazole rings is 1. The lowest BCUT2D eigenvalue weighted by Gasteiger charge is -2.26. The fraction of sp³-hybridized carbons (Fsp3) is 0.286. The Morgan fingerprint density at radius 1 is 1.27 bits per heavy atom. The van der Waals surface area contributed by atoms with Crippen LogP contribution in [-0.2, 0) is 13.1 Å². The molecule has 0 fully saturated rings. The maximum Gasteiger partial charge on any atom is 0.273 e. The van der Waals surface area contributed by atoms with E-state index in [1.54, 1.807) is 16.2 Å². The summed E-state index contributed by atoms with van der Waals surface area (Å²) in [5, 5.41) is 12.9. The minimum absolute atomic E-state index is 0.0361. The van der Waals surface area contributed by atoms with E-state index in [0.717, 1.165) is 28.1 Å². The number of fused-ring (bicyclic) bond motifs is 1. The molecule has 22 heavy (non-hydrogen) atoms. The third-order valence-corrected chi connectivity index (χ3v) is 5.56. The highest BCUT2D eigenvalue weighted by Crippen LogP contribution is 2.28. The van der Waals surface area contributed by atoms with Crippen LogP contribution in [0.5, 0.6) is 0 Å². The van der Waals surface area contributed by atoms with Gasteiger partial charge in [0, 0.05) is 18.5 Å². The Bertz CT molecular complexity index is 820. The summed E-state index contributed by atoms with van der Waals surface area (Å²) in [5.74, 6) is 1.70. The van der Waals surface area contributed by atoms with Crippen LogP contribution in [0.2, 0.25) is 0 Å². The van der Waals surface area contributed by atoms with Crippen LogP contribution in [0.25, 0.3) is 9.88 Å². The molecule has 0 aromatic carbocycles. The molecule has 1 amide bonds. The lowest BCUT2D eigenvalue weighted by Crippen LogP contribution is -2.38. The Morgan fingerprint density at radius 2 is 2.18 bits per heavy atom. The molecule has 3 aromatic heterocycles. The van der Waals surface area contributed by atoms with Gasteiger partial charge in [-0.25, -0.2) is 4.98 Å². The van der Waals surface area contributed by atoms with Gasteiger partial charge in [0.05, 0.1) is 11.4 Å². The first-order valence-corrected chi connectivity index (χ1v) is 8.65. The van der Waals surface area contributed by atoms with Crippen molar-refractivity contribution in [3.63, 3.8) is 0 Å². The van der Waals surface area contributed by atoms with Crippen molar-refractivity contribution in [3.8, 4) is 9.88 Å². The lowest BCUT2D eigenvalue weighted by atomic mass is 10.3. The second kappa shape index (κ2) is 5.29. The Labute approximate surface area is 135 Å². The van der Waals surface area contributed by atoms with Gasteiger partial charge >= 0.3 is 0 Å². The first-order chi connectivity index (χ1) is 10.7. The van der Waals surface area contributed by atoms with Gasteiger partial charge in [-0.2, -0.15) is 0 Å². The number of thiophene rings is 1. The molecule has 0 N–H and O–H groups in total. The van der Waals surface area contributed by atoms with E-state index in [0.29, 0.717) is 18.8 Å². The van der Waals surface area contributed by atoms with E-state index >= 15 is 0 Å². The predicted octanol–water partition coefficient (Wildman–Crippen LogP) is 2.43. The van der Waals surface area contributed by atoms with Crippen molar-refractivity contribution in [1.82, 2.24) is 24.6 Å². The number of aromatic nitrogens is 4. The van der Waals surface area contributed by atoms with Crippen LogP contribution in [0.15, 0.2) is 22.9 Å². The quantitative estimate of drug-likeness (QED) is 0.723. The summed E-state index contributed by atoms with van der Waals surface area (Å²) in [6.07, 6.45) is 0. The minimum Gasteiger partial charge on any atom is -0.328 e. The molecule has 0 unspecified atom stereocenters. The van der Waals surface area contributed by atoms with E-state index in [-0.39, 0.29) is 5.91 Å². The maximum absolute atomic E-state index is 12.6. The summed E-state index contributed by atoms with van der Waals surface area (Å²) in [7, 11) is 0. The van der Waals surface area contributed by atoms with Gasteiger partial charge < -0.3 is 9.47 Å². The summed E-state index contributed by atoms with van der Waals surface area (Å²) >= 11 is 3.14. The zero-order valence-electron chi connectivity index (χ0n) is 11.9. The van der Waals surface area contributed by atoms with Gasteiger partial charge in [0.1, 0.15) is 16.5 Å². The Hall–Kier alpha value is -2.06. The van der Waals surface area contributed by atoms with Crippen molar-refractivity contribution in [3.05, 3.63) is 40.2 Å². The van der Waals surface area contributed by atoms with Gasteiger partial charge in [-0.15, -0.1) is 32.9 Å². The standard InChI is InChI=1S/C14H13N5OS2/c1-9-16-17-12-7-18(4-5-19(9)12)14(20)10-8-22-13(15-10)11-3-2-6-21-11/h2-3,6,8H,4-5,7H2,1H3. The molecule has 0 saturated carbocycles. The zero-order chi connectivity index (χ0) is 15.1. The van der Waals surface area contributed by atoms with Crippen molar-refractivity contribution in [2.75, 3.05) is 6.54 Å². The molecule has 0 aliphatic carbocycles. The molecular weight excluding hydrogens is 318 g/mol. The second-order valence-electron chi connectivity index (χ2n) is 5.06. The molecule has 0 bridgehead atoms. The fourth-order valence-electron chi connectivity index (χ4n) is 2.52.